The number of furan rings is 1. The van der Waals surface area contributed by atoms with Crippen molar-refractivity contribution < 1.29 is 32.0 Å². The van der Waals surface area contributed by atoms with Crippen molar-refractivity contribution in [3.05, 3.63) is 80.9 Å². The van der Waals surface area contributed by atoms with E-state index >= 15 is 0 Å². The third-order valence-corrected chi connectivity index (χ3v) is 9.90. The van der Waals surface area contributed by atoms with Crippen molar-refractivity contribution in [2.75, 3.05) is 30.8 Å². The highest BCUT2D eigenvalue weighted by Gasteiger charge is 2.39. The summed E-state index contributed by atoms with van der Waals surface area (Å²) >= 11 is 2.00. The Labute approximate surface area is 281 Å². The molecule has 11 nitrogen and oxygen atoms in total. The smallest absolute Gasteiger partial charge is 0.416 e. The zero-order valence-corrected chi connectivity index (χ0v) is 28.9. The number of anilines is 1. The van der Waals surface area contributed by atoms with Crippen molar-refractivity contribution in [2.45, 2.75) is 39.2 Å². The highest BCUT2D eigenvalue weighted by molar-refractivity contribution is 14.1. The van der Waals surface area contributed by atoms with Crippen molar-refractivity contribution in [1.82, 2.24) is 15.2 Å². The monoisotopic (exact) mass is 758 g/mol. The molecule has 0 spiro atoms. The Morgan fingerprint density at radius 1 is 1.15 bits per heavy atom. The van der Waals surface area contributed by atoms with Crippen LogP contribution >= 0.6 is 22.6 Å². The highest BCUT2D eigenvalue weighted by Crippen LogP contribution is 2.36. The molecule has 0 unspecified atom stereocenters. The number of nitrogens with one attached hydrogen (secondary N) is 1. The van der Waals surface area contributed by atoms with Crippen molar-refractivity contribution in [3.8, 4) is 11.3 Å². The predicted molar refractivity (Wildman–Crippen MR) is 183 cm³/mol. The second-order valence-electron chi connectivity index (χ2n) is 11.4. The molecule has 13 heteroatoms. The number of nitrogens with zero attached hydrogens (tertiary/aromatic N) is 3. The molecule has 2 aromatic heterocycles. The summed E-state index contributed by atoms with van der Waals surface area (Å²) in [5.74, 6) is -0.778. The van der Waals surface area contributed by atoms with Crippen molar-refractivity contribution >= 4 is 67.4 Å². The largest absolute Gasteiger partial charge is 0.447 e. The number of ether oxygens (including phenoxy) is 1. The van der Waals surface area contributed by atoms with Crippen LogP contribution in [0.25, 0.3) is 22.4 Å². The van der Waals surface area contributed by atoms with Gasteiger partial charge >= 0.3 is 6.09 Å². The van der Waals surface area contributed by atoms with E-state index in [0.29, 0.717) is 45.1 Å². The molecule has 46 heavy (non-hydrogen) atoms. The molecule has 5 rings (SSSR count). The summed E-state index contributed by atoms with van der Waals surface area (Å²) in [6.45, 7) is 3.84. The Morgan fingerprint density at radius 2 is 1.85 bits per heavy atom. The van der Waals surface area contributed by atoms with Gasteiger partial charge in [0.2, 0.25) is 21.6 Å². The van der Waals surface area contributed by atoms with Crippen LogP contribution in [-0.4, -0.2) is 68.7 Å². The van der Waals surface area contributed by atoms with E-state index in [1.54, 1.807) is 13.0 Å². The van der Waals surface area contributed by atoms with Crippen molar-refractivity contribution in [2.24, 2.45) is 5.92 Å². The SMILES string of the molecule is CNC(=O)c1c(-c2ccc(C)cc2)oc2nc(N(CCC[C@H](C)C(=O)N3C(=O)OC[C@@H]3Cc3ccccc3)S(C)(=O)=O)c(I)cc12. The van der Waals surface area contributed by atoms with Crippen LogP contribution in [0.4, 0.5) is 10.6 Å². The van der Waals surface area contributed by atoms with Crippen LogP contribution in [0, 0.1) is 16.4 Å². The number of cyclic esters (lactones) is 1. The van der Waals surface area contributed by atoms with Crippen LogP contribution in [0.15, 0.2) is 65.1 Å². The van der Waals surface area contributed by atoms with Gasteiger partial charge in [-0.2, -0.15) is 4.98 Å². The summed E-state index contributed by atoms with van der Waals surface area (Å²) in [6, 6.07) is 18.4. The van der Waals surface area contributed by atoms with E-state index in [-0.39, 0.29) is 36.5 Å². The number of hydrogen-bond acceptors (Lipinski definition) is 8. The molecule has 0 aliphatic carbocycles. The summed E-state index contributed by atoms with van der Waals surface area (Å²) in [5.41, 5.74) is 3.15. The van der Waals surface area contributed by atoms with E-state index in [0.717, 1.165) is 17.4 Å². The maximum atomic E-state index is 13.4. The van der Waals surface area contributed by atoms with E-state index in [9.17, 15) is 22.8 Å². The zero-order valence-electron chi connectivity index (χ0n) is 25.9. The second kappa shape index (κ2) is 13.8. The number of halogens is 1. The molecular formula is C33H35IN4O7S. The van der Waals surface area contributed by atoms with E-state index < -0.39 is 28.1 Å². The molecule has 1 aliphatic heterocycles. The van der Waals surface area contributed by atoms with Gasteiger partial charge in [-0.05, 0) is 60.4 Å². The maximum Gasteiger partial charge on any atom is 0.416 e. The average Bonchev–Trinajstić information content (AvgIpc) is 3.57. The van der Waals surface area contributed by atoms with Gasteiger partial charge in [-0.3, -0.25) is 13.9 Å². The molecule has 1 N–H and O–H groups in total. The number of fused-ring (bicyclic) bond motifs is 1. The molecule has 0 saturated carbocycles. The highest BCUT2D eigenvalue weighted by atomic mass is 127. The summed E-state index contributed by atoms with van der Waals surface area (Å²) in [4.78, 5) is 44.6. The Bertz CT molecular complexity index is 1880. The second-order valence-corrected chi connectivity index (χ2v) is 14.5. The predicted octanol–water partition coefficient (Wildman–Crippen LogP) is 5.54. The summed E-state index contributed by atoms with van der Waals surface area (Å²) < 4.78 is 39.1. The van der Waals surface area contributed by atoms with E-state index in [1.807, 2.05) is 84.1 Å². The summed E-state index contributed by atoms with van der Waals surface area (Å²) in [5, 5.41) is 3.11. The van der Waals surface area contributed by atoms with Crippen LogP contribution in [0.5, 0.6) is 0 Å². The number of pyridine rings is 1. The Hall–Kier alpha value is -3.98. The van der Waals surface area contributed by atoms with Gasteiger partial charge in [-0.1, -0.05) is 67.1 Å². The number of amides is 3. The van der Waals surface area contributed by atoms with Gasteiger partial charge in [0.1, 0.15) is 12.4 Å². The maximum absolute atomic E-state index is 13.4. The van der Waals surface area contributed by atoms with Crippen LogP contribution < -0.4 is 9.62 Å². The lowest BCUT2D eigenvalue weighted by atomic mass is 10.0. The van der Waals surface area contributed by atoms with Crippen LogP contribution in [0.3, 0.4) is 0 Å². The number of carbonyl (C=O) groups excluding carboxylic acids is 3. The normalized spacial score (nSPS) is 15.5. The van der Waals surface area contributed by atoms with Crippen LogP contribution in [-0.2, 0) is 26.0 Å². The lowest BCUT2D eigenvalue weighted by Crippen LogP contribution is -2.43. The van der Waals surface area contributed by atoms with Crippen LogP contribution in [0.1, 0.15) is 41.3 Å². The third-order valence-electron chi connectivity index (χ3n) is 7.95. The Balaban J connectivity index is 1.36. The molecular weight excluding hydrogens is 723 g/mol. The van der Waals surface area contributed by atoms with Crippen molar-refractivity contribution in [1.29, 1.82) is 0 Å². The molecule has 3 heterocycles. The zero-order chi connectivity index (χ0) is 33.2. The summed E-state index contributed by atoms with van der Waals surface area (Å²) in [7, 11) is -2.27. The molecule has 2 aromatic carbocycles. The lowest BCUT2D eigenvalue weighted by molar-refractivity contribution is -0.133. The van der Waals surface area contributed by atoms with E-state index in [4.69, 9.17) is 9.15 Å². The number of aryl methyl sites for hydroxylation is 1. The third kappa shape index (κ3) is 7.04. The minimum absolute atomic E-state index is 0.0384. The Morgan fingerprint density at radius 3 is 2.50 bits per heavy atom. The number of carbonyl (C=O) groups is 3. The average molecular weight is 759 g/mol. The van der Waals surface area contributed by atoms with Gasteiger partial charge in [-0.25, -0.2) is 18.1 Å². The number of sulfonamides is 1. The van der Waals surface area contributed by atoms with Crippen LogP contribution in [0.2, 0.25) is 0 Å². The molecule has 3 amide bonds. The van der Waals surface area contributed by atoms with Crippen molar-refractivity contribution in [3.63, 3.8) is 0 Å². The first-order chi connectivity index (χ1) is 21.9. The van der Waals surface area contributed by atoms with Gasteiger partial charge in [0, 0.05) is 25.1 Å². The molecule has 242 valence electrons. The van der Waals surface area contributed by atoms with Gasteiger partial charge < -0.3 is 14.5 Å². The standard InChI is InChI=1S/C33H35IN4O7S/c1-20-12-14-23(15-13-20)28-27(30(39)35-3)25-18-26(34)29(36-31(25)45-28)37(46(4,42)43)16-8-9-21(2)32(40)38-24(19-44-33(38)41)17-22-10-6-5-7-11-22/h5-7,10-15,18,21,24H,8-9,16-17,19H2,1-4H3,(H,35,39)/t21-,24-/m0/s1. The first kappa shape index (κ1) is 33.4. The molecule has 0 radical (unpaired) electrons. The van der Waals surface area contributed by atoms with Gasteiger partial charge in [0.25, 0.3) is 5.91 Å². The minimum Gasteiger partial charge on any atom is -0.447 e. The van der Waals surface area contributed by atoms with E-state index in [1.165, 1.54) is 16.3 Å². The topological polar surface area (TPSA) is 139 Å². The van der Waals surface area contributed by atoms with Gasteiger partial charge in [0.05, 0.1) is 26.8 Å². The number of imide groups is 1. The fourth-order valence-corrected chi connectivity index (χ4v) is 7.32. The number of hydrogen-bond donors (Lipinski definition) is 1. The fourth-order valence-electron chi connectivity index (χ4n) is 5.52. The minimum atomic E-state index is -3.80. The number of benzene rings is 2. The van der Waals surface area contributed by atoms with E-state index in [2.05, 4.69) is 10.3 Å². The Kier molecular flexibility index (Phi) is 10.0. The molecule has 2 atom stereocenters. The molecule has 1 saturated heterocycles. The quantitative estimate of drug-likeness (QED) is 0.197. The van der Waals surface area contributed by atoms with Gasteiger partial charge in [-0.15, -0.1) is 0 Å². The molecule has 4 aromatic rings. The summed E-state index contributed by atoms with van der Waals surface area (Å²) in [6.07, 6.45) is 1.55. The molecule has 1 aliphatic rings. The molecule has 0 bridgehead atoms. The number of aromatic nitrogens is 1. The number of rotatable bonds is 11. The fraction of sp³-hybridized carbons (Fsp3) is 0.333. The first-order valence-electron chi connectivity index (χ1n) is 14.8. The lowest BCUT2D eigenvalue weighted by Gasteiger charge is -2.25. The first-order valence-corrected chi connectivity index (χ1v) is 17.7. The van der Waals surface area contributed by atoms with Gasteiger partial charge in [0.15, 0.2) is 5.82 Å². The molecule has 1 fully saturated rings.